The second-order valence-electron chi connectivity index (χ2n) is 6.82. The predicted octanol–water partition coefficient (Wildman–Crippen LogP) is 2.87. The van der Waals surface area contributed by atoms with E-state index >= 15 is 0 Å². The molecule has 0 aliphatic heterocycles. The van der Waals surface area contributed by atoms with E-state index in [0.717, 1.165) is 30.8 Å². The summed E-state index contributed by atoms with van der Waals surface area (Å²) in [5, 5.41) is 9.25. The Balaban J connectivity index is 1.77. The van der Waals surface area contributed by atoms with Crippen LogP contribution in [0.25, 0.3) is 28.1 Å². The van der Waals surface area contributed by atoms with Gasteiger partial charge in [0.2, 0.25) is 0 Å². The Bertz CT molecular complexity index is 1160. The van der Waals surface area contributed by atoms with E-state index in [1.54, 1.807) is 0 Å². The standard InChI is InChI=1S/C21H23FN6O/c1-3-27(9-8-23)12-14-4-7-19-25-26-21(28(19)13-14)17-6-5-15-10-16(22)11-18(29-2)20(15)24-17/h4-7,10-11,13H,3,8-9,12,23H2,1-2H3. The van der Waals surface area contributed by atoms with Gasteiger partial charge in [-0.1, -0.05) is 19.1 Å². The number of ether oxygens (including phenoxy) is 1. The molecule has 0 aliphatic rings. The summed E-state index contributed by atoms with van der Waals surface area (Å²) in [5.74, 6) is 0.646. The lowest BCUT2D eigenvalue weighted by atomic mass is 10.1. The van der Waals surface area contributed by atoms with Crippen LogP contribution in [-0.2, 0) is 6.54 Å². The molecular formula is C21H23FN6O. The Morgan fingerprint density at radius 3 is 2.79 bits per heavy atom. The molecule has 3 aromatic heterocycles. The van der Waals surface area contributed by atoms with Gasteiger partial charge in [-0.05, 0) is 30.3 Å². The molecule has 0 fully saturated rings. The van der Waals surface area contributed by atoms with Crippen molar-refractivity contribution in [3.63, 3.8) is 0 Å². The van der Waals surface area contributed by atoms with Crippen LogP contribution in [0.2, 0.25) is 0 Å². The number of hydrogen-bond donors (Lipinski definition) is 1. The number of fused-ring (bicyclic) bond motifs is 2. The monoisotopic (exact) mass is 394 g/mol. The largest absolute Gasteiger partial charge is 0.494 e. The van der Waals surface area contributed by atoms with Crippen molar-refractivity contribution in [1.82, 2.24) is 24.5 Å². The van der Waals surface area contributed by atoms with Crippen LogP contribution in [0.1, 0.15) is 12.5 Å². The lowest BCUT2D eigenvalue weighted by Crippen LogP contribution is -2.28. The van der Waals surface area contributed by atoms with Crippen molar-refractivity contribution in [3.05, 3.63) is 54.0 Å². The Labute approximate surface area is 167 Å². The molecule has 29 heavy (non-hydrogen) atoms. The van der Waals surface area contributed by atoms with Gasteiger partial charge >= 0.3 is 0 Å². The second kappa shape index (κ2) is 8.10. The summed E-state index contributed by atoms with van der Waals surface area (Å²) in [6, 6.07) is 10.4. The van der Waals surface area contributed by atoms with E-state index in [0.29, 0.717) is 34.7 Å². The molecule has 150 valence electrons. The Kier molecular flexibility index (Phi) is 5.37. The maximum Gasteiger partial charge on any atom is 0.187 e. The molecule has 3 heterocycles. The molecule has 0 bridgehead atoms. The summed E-state index contributed by atoms with van der Waals surface area (Å²) in [7, 11) is 1.50. The van der Waals surface area contributed by atoms with Crippen LogP contribution in [0.15, 0.2) is 42.6 Å². The van der Waals surface area contributed by atoms with E-state index < -0.39 is 0 Å². The van der Waals surface area contributed by atoms with Crippen molar-refractivity contribution in [2.24, 2.45) is 5.73 Å². The fourth-order valence-corrected chi connectivity index (χ4v) is 3.44. The molecule has 0 amide bonds. The van der Waals surface area contributed by atoms with Crippen molar-refractivity contribution in [3.8, 4) is 17.3 Å². The van der Waals surface area contributed by atoms with Gasteiger partial charge in [0.25, 0.3) is 0 Å². The smallest absolute Gasteiger partial charge is 0.187 e. The molecule has 7 nitrogen and oxygen atoms in total. The molecule has 0 saturated carbocycles. The first-order chi connectivity index (χ1) is 14.1. The molecule has 2 N–H and O–H groups in total. The summed E-state index contributed by atoms with van der Waals surface area (Å²) < 4.78 is 21.0. The topological polar surface area (TPSA) is 81.6 Å². The van der Waals surface area contributed by atoms with Gasteiger partial charge in [-0.25, -0.2) is 9.37 Å². The number of aromatic nitrogens is 4. The van der Waals surface area contributed by atoms with Crippen LogP contribution in [0.4, 0.5) is 4.39 Å². The van der Waals surface area contributed by atoms with Crippen LogP contribution >= 0.6 is 0 Å². The van der Waals surface area contributed by atoms with Crippen molar-refractivity contribution >= 4 is 16.6 Å². The molecule has 0 unspecified atom stereocenters. The fraction of sp³-hybridized carbons (Fsp3) is 0.286. The van der Waals surface area contributed by atoms with Crippen molar-refractivity contribution < 1.29 is 9.13 Å². The zero-order valence-corrected chi connectivity index (χ0v) is 16.5. The number of methoxy groups -OCH3 is 1. The molecule has 4 rings (SSSR count). The molecule has 0 radical (unpaired) electrons. The highest BCUT2D eigenvalue weighted by Crippen LogP contribution is 2.28. The van der Waals surface area contributed by atoms with Gasteiger partial charge in [-0.3, -0.25) is 9.30 Å². The van der Waals surface area contributed by atoms with Crippen LogP contribution in [0, 0.1) is 5.82 Å². The highest BCUT2D eigenvalue weighted by molar-refractivity contribution is 5.86. The van der Waals surface area contributed by atoms with Gasteiger partial charge in [0, 0.05) is 37.3 Å². The summed E-state index contributed by atoms with van der Waals surface area (Å²) >= 11 is 0. The second-order valence-corrected chi connectivity index (χ2v) is 6.82. The quantitative estimate of drug-likeness (QED) is 0.519. The van der Waals surface area contributed by atoms with Gasteiger partial charge in [0.1, 0.15) is 22.8 Å². The lowest BCUT2D eigenvalue weighted by molar-refractivity contribution is 0.288. The molecule has 0 aliphatic carbocycles. The van der Waals surface area contributed by atoms with E-state index in [2.05, 4.69) is 27.0 Å². The summed E-state index contributed by atoms with van der Waals surface area (Å²) in [5.41, 5.74) is 8.79. The van der Waals surface area contributed by atoms with Gasteiger partial charge in [0.15, 0.2) is 11.5 Å². The van der Waals surface area contributed by atoms with Crippen LogP contribution in [0.5, 0.6) is 5.75 Å². The molecule has 4 aromatic rings. The summed E-state index contributed by atoms with van der Waals surface area (Å²) in [6.07, 6.45) is 2.03. The number of halogens is 1. The van der Waals surface area contributed by atoms with Gasteiger partial charge in [-0.15, -0.1) is 10.2 Å². The highest BCUT2D eigenvalue weighted by atomic mass is 19.1. The Morgan fingerprint density at radius 2 is 2.03 bits per heavy atom. The minimum atomic E-state index is -0.362. The van der Waals surface area contributed by atoms with Crippen LogP contribution < -0.4 is 10.5 Å². The number of nitrogens with zero attached hydrogens (tertiary/aromatic N) is 5. The first-order valence-electron chi connectivity index (χ1n) is 9.53. The lowest BCUT2D eigenvalue weighted by Gasteiger charge is -2.19. The van der Waals surface area contributed by atoms with Crippen molar-refractivity contribution in [1.29, 1.82) is 0 Å². The minimum Gasteiger partial charge on any atom is -0.494 e. The number of nitrogens with two attached hydrogens (primary N) is 1. The Morgan fingerprint density at radius 1 is 1.17 bits per heavy atom. The zero-order chi connectivity index (χ0) is 20.4. The first-order valence-corrected chi connectivity index (χ1v) is 9.53. The highest BCUT2D eigenvalue weighted by Gasteiger charge is 2.14. The fourth-order valence-electron chi connectivity index (χ4n) is 3.44. The Hall–Kier alpha value is -3.10. The summed E-state index contributed by atoms with van der Waals surface area (Å²) in [4.78, 5) is 6.95. The van der Waals surface area contributed by atoms with Crippen LogP contribution in [0.3, 0.4) is 0 Å². The maximum atomic E-state index is 13.8. The SMILES string of the molecule is CCN(CCN)Cc1ccc2nnc(-c3ccc4cc(F)cc(OC)c4n3)n2c1. The molecule has 0 saturated heterocycles. The molecule has 8 heteroatoms. The van der Waals surface area contributed by atoms with E-state index in [9.17, 15) is 4.39 Å². The molecule has 1 aromatic carbocycles. The average molecular weight is 394 g/mol. The van der Waals surface area contributed by atoms with E-state index in [-0.39, 0.29) is 5.82 Å². The van der Waals surface area contributed by atoms with E-state index in [4.69, 9.17) is 10.5 Å². The number of pyridine rings is 2. The first kappa shape index (κ1) is 19.2. The van der Waals surface area contributed by atoms with E-state index in [1.807, 2.05) is 34.9 Å². The number of hydrogen-bond acceptors (Lipinski definition) is 6. The number of likely N-dealkylation sites (N-methyl/N-ethyl adjacent to an activating group) is 1. The van der Waals surface area contributed by atoms with Crippen LogP contribution in [-0.4, -0.2) is 51.2 Å². The minimum absolute atomic E-state index is 0.362. The van der Waals surface area contributed by atoms with Crippen molar-refractivity contribution in [2.75, 3.05) is 26.7 Å². The third-order valence-electron chi connectivity index (χ3n) is 4.93. The van der Waals surface area contributed by atoms with Crippen molar-refractivity contribution in [2.45, 2.75) is 13.5 Å². The normalized spacial score (nSPS) is 11.6. The predicted molar refractivity (Wildman–Crippen MR) is 110 cm³/mol. The third-order valence-corrected chi connectivity index (χ3v) is 4.93. The van der Waals surface area contributed by atoms with Gasteiger partial charge in [0.05, 0.1) is 7.11 Å². The van der Waals surface area contributed by atoms with Gasteiger partial charge < -0.3 is 10.5 Å². The maximum absolute atomic E-state index is 13.8. The van der Waals surface area contributed by atoms with Gasteiger partial charge in [-0.2, -0.15) is 0 Å². The number of benzene rings is 1. The number of rotatable bonds is 7. The molecule has 0 atom stereocenters. The molecule has 0 spiro atoms. The summed E-state index contributed by atoms with van der Waals surface area (Å²) in [6.45, 7) is 5.30. The zero-order valence-electron chi connectivity index (χ0n) is 16.5. The van der Waals surface area contributed by atoms with E-state index in [1.165, 1.54) is 19.2 Å². The third kappa shape index (κ3) is 3.76. The molecular weight excluding hydrogens is 371 g/mol. The average Bonchev–Trinajstić information content (AvgIpc) is 3.15.